The van der Waals surface area contributed by atoms with Crippen LogP contribution in [0.4, 0.5) is 36.4 Å². The number of rotatable bonds is 8. The van der Waals surface area contributed by atoms with Crippen LogP contribution >= 0.6 is 0 Å². The van der Waals surface area contributed by atoms with Gasteiger partial charge in [-0.05, 0) is 52.0 Å². The van der Waals surface area contributed by atoms with Gasteiger partial charge in [-0.1, -0.05) is 24.3 Å². The zero-order valence-corrected chi connectivity index (χ0v) is 35.1. The van der Waals surface area contributed by atoms with Gasteiger partial charge >= 0.3 is 63.5 Å². The number of ether oxygens (including phenoxy) is 3. The Bertz CT molecular complexity index is 2010. The fourth-order valence-corrected chi connectivity index (χ4v) is 5.17. The third kappa shape index (κ3) is 12.0. The van der Waals surface area contributed by atoms with E-state index in [-0.39, 0.29) is 69.1 Å². The number of benzene rings is 3. The number of hydrogen-bond donors (Lipinski definition) is 1. The first-order valence-electron chi connectivity index (χ1n) is 16.7. The molecule has 3 unspecified atom stereocenters. The van der Waals surface area contributed by atoms with Crippen LogP contribution in [0.5, 0.6) is 0 Å². The number of nitrogens with one attached hydrogen (secondary N) is 1. The predicted octanol–water partition coefficient (Wildman–Crippen LogP) is 0.911. The molecule has 0 saturated carbocycles. The fourth-order valence-electron chi connectivity index (χ4n) is 5.17. The van der Waals surface area contributed by atoms with Gasteiger partial charge in [-0.2, -0.15) is 13.2 Å². The molecule has 14 nitrogen and oxygen atoms in total. The molecular weight excluding hydrogens is 835 g/mol. The minimum atomic E-state index is -5.74. The standard InChI is InChI=1S/C18H9F7N2O3.C13H13NO4.C4H8O2.C2H4O2.K/c1-6(27-16(29)7-4-2-3-5-8(7)17(27)30)15(28)26-14-12(21)10(19)9(18(23,24)25)11(20)13(14)22;1-3-18-13(17)8(2)14-11(15)9-6-4-5-7-10(9)12(14)16;1-5-2-4-3-6-4;1-2(3)4;/h2-6H,1H3,(H,26,28);4-8H,3H2,1-2H3;4H,2-3H2,1H3;1H3,(H,3,4);/q;;;;+1/p-1. The molecule has 6 rings (SSSR count). The van der Waals surface area contributed by atoms with Crippen molar-refractivity contribution >= 4 is 47.2 Å². The van der Waals surface area contributed by atoms with Gasteiger partial charge in [0.1, 0.15) is 29.4 Å². The van der Waals surface area contributed by atoms with E-state index in [1.54, 1.807) is 38.3 Å². The molecule has 1 fully saturated rings. The Morgan fingerprint density at radius 3 is 1.44 bits per heavy atom. The summed E-state index contributed by atoms with van der Waals surface area (Å²) >= 11 is 0. The molecule has 0 spiro atoms. The molecule has 3 aromatic rings. The fraction of sp³-hybridized carbons (Fsp3) is 0.324. The molecule has 0 radical (unpaired) electrons. The Morgan fingerprint density at radius 2 is 1.15 bits per heavy atom. The number of fused-ring (bicyclic) bond motifs is 2. The van der Waals surface area contributed by atoms with Crippen molar-refractivity contribution < 1.29 is 135 Å². The third-order valence-corrected chi connectivity index (χ3v) is 7.98. The van der Waals surface area contributed by atoms with E-state index >= 15 is 0 Å². The predicted molar refractivity (Wildman–Crippen MR) is 182 cm³/mol. The van der Waals surface area contributed by atoms with Crippen molar-refractivity contribution in [1.82, 2.24) is 9.80 Å². The monoisotopic (exact) mass is 867 g/mol. The van der Waals surface area contributed by atoms with E-state index in [0.29, 0.717) is 22.1 Å². The van der Waals surface area contributed by atoms with Gasteiger partial charge in [0.15, 0.2) is 23.3 Å². The summed E-state index contributed by atoms with van der Waals surface area (Å²) < 4.78 is 108. The average Bonchev–Trinajstić information content (AvgIpc) is 3.90. The van der Waals surface area contributed by atoms with E-state index in [9.17, 15) is 59.5 Å². The van der Waals surface area contributed by atoms with Gasteiger partial charge in [0.2, 0.25) is 5.91 Å². The number of esters is 1. The molecule has 1 saturated heterocycles. The second-order valence-corrected chi connectivity index (χ2v) is 12.1. The van der Waals surface area contributed by atoms with Crippen molar-refractivity contribution in [3.63, 3.8) is 0 Å². The van der Waals surface area contributed by atoms with Gasteiger partial charge in [-0.15, -0.1) is 0 Å². The number of imide groups is 2. The Kier molecular flexibility index (Phi) is 18.5. The molecule has 3 aliphatic rings. The second kappa shape index (κ2) is 21.6. The van der Waals surface area contributed by atoms with Crippen molar-refractivity contribution in [3.8, 4) is 0 Å². The van der Waals surface area contributed by atoms with Gasteiger partial charge in [-0.3, -0.25) is 33.8 Å². The molecule has 312 valence electrons. The molecule has 1 N–H and O–H groups in total. The zero-order valence-electron chi connectivity index (χ0n) is 32.0. The van der Waals surface area contributed by atoms with Gasteiger partial charge in [0.05, 0.1) is 42.1 Å². The SMILES string of the molecule is CC(=O)[O-].CC(C(=O)Nc1c(F)c(F)c(C(F)(F)F)c(F)c1F)N1C(=O)c2ccccc2C1=O.CCOC(=O)C(C)N1C(=O)c2ccccc2C1=O.COCC1CO1.[K+]. The van der Waals surface area contributed by atoms with Crippen LogP contribution in [0.2, 0.25) is 0 Å². The Labute approximate surface area is 373 Å². The van der Waals surface area contributed by atoms with Gasteiger partial charge in [-0.25, -0.2) is 22.4 Å². The maximum Gasteiger partial charge on any atom is 1.00 e. The maximum absolute atomic E-state index is 14.0. The van der Waals surface area contributed by atoms with E-state index in [4.69, 9.17) is 24.1 Å². The molecule has 3 aliphatic heterocycles. The van der Waals surface area contributed by atoms with Crippen LogP contribution in [0.3, 0.4) is 0 Å². The largest absolute Gasteiger partial charge is 1.00 e. The number of alkyl halides is 3. The van der Waals surface area contributed by atoms with Crippen LogP contribution in [0.15, 0.2) is 48.5 Å². The van der Waals surface area contributed by atoms with Crippen molar-refractivity contribution in [2.45, 2.75) is 52.1 Å². The number of halogens is 7. The van der Waals surface area contributed by atoms with Crippen molar-refractivity contribution in [1.29, 1.82) is 0 Å². The molecule has 0 bridgehead atoms. The van der Waals surface area contributed by atoms with Crippen LogP contribution in [-0.4, -0.2) is 96.4 Å². The van der Waals surface area contributed by atoms with E-state index in [0.717, 1.165) is 32.0 Å². The summed E-state index contributed by atoms with van der Waals surface area (Å²) in [5, 5.41) is 10.3. The van der Waals surface area contributed by atoms with E-state index in [1.807, 2.05) is 0 Å². The second-order valence-electron chi connectivity index (χ2n) is 12.1. The number of amides is 5. The summed E-state index contributed by atoms with van der Waals surface area (Å²) in [5.74, 6) is -16.4. The molecule has 0 aliphatic carbocycles. The number of hydrogen-bond acceptors (Lipinski definition) is 11. The first-order valence-corrected chi connectivity index (χ1v) is 16.7. The zero-order chi connectivity index (χ0) is 43.8. The molecule has 3 aromatic carbocycles. The molecule has 59 heavy (non-hydrogen) atoms. The van der Waals surface area contributed by atoms with Crippen molar-refractivity contribution in [2.75, 3.05) is 32.2 Å². The number of carboxylic acids is 1. The molecule has 5 amide bonds. The number of nitrogens with zero attached hydrogens (tertiary/aromatic N) is 2. The van der Waals surface area contributed by atoms with Crippen molar-refractivity contribution in [2.24, 2.45) is 0 Å². The number of carbonyl (C=O) groups is 7. The molecular formula is C37H33F7KN3O11. The van der Waals surface area contributed by atoms with Crippen molar-refractivity contribution in [3.05, 3.63) is 99.6 Å². The van der Waals surface area contributed by atoms with Gasteiger partial charge in [0.25, 0.3) is 23.6 Å². The number of aliphatic carboxylic acids is 1. The van der Waals surface area contributed by atoms with E-state index < -0.39 is 94.3 Å². The Hall–Kier alpha value is -4.58. The molecule has 3 heterocycles. The van der Waals surface area contributed by atoms with E-state index in [1.165, 1.54) is 36.5 Å². The third-order valence-electron chi connectivity index (χ3n) is 7.98. The summed E-state index contributed by atoms with van der Waals surface area (Å²) in [5.41, 5.74) is -4.06. The minimum Gasteiger partial charge on any atom is -0.550 e. The number of anilines is 1. The molecule has 22 heteroatoms. The molecule has 0 aromatic heterocycles. The van der Waals surface area contributed by atoms with Crippen LogP contribution in [0.1, 0.15) is 74.7 Å². The summed E-state index contributed by atoms with van der Waals surface area (Å²) in [6.07, 6.45) is -5.32. The number of carboxylic acid groups (broad SMARTS) is 1. The first-order chi connectivity index (χ1) is 27.1. The van der Waals surface area contributed by atoms with E-state index in [2.05, 4.69) is 0 Å². The summed E-state index contributed by atoms with van der Waals surface area (Å²) in [6, 6.07) is 9.36. The topological polar surface area (TPSA) is 192 Å². The number of epoxide rings is 1. The number of methoxy groups -OCH3 is 1. The normalized spacial score (nSPS) is 15.8. The Balaban J connectivity index is 0.000000347. The maximum atomic E-state index is 14.0. The van der Waals surface area contributed by atoms with Crippen LogP contribution in [0.25, 0.3) is 0 Å². The average molecular weight is 868 g/mol. The van der Waals surface area contributed by atoms with Crippen LogP contribution in [-0.2, 0) is 34.8 Å². The molecule has 3 atom stereocenters. The van der Waals surface area contributed by atoms with Crippen LogP contribution in [0, 0.1) is 23.3 Å². The minimum absolute atomic E-state index is 0. The number of carbonyl (C=O) groups excluding carboxylic acids is 7. The van der Waals surface area contributed by atoms with Gasteiger partial charge < -0.3 is 29.4 Å². The first kappa shape index (κ1) is 50.6. The smallest absolute Gasteiger partial charge is 0.550 e. The Morgan fingerprint density at radius 1 is 0.797 bits per heavy atom. The summed E-state index contributed by atoms with van der Waals surface area (Å²) in [7, 11) is 1.68. The van der Waals surface area contributed by atoms with Gasteiger partial charge in [0, 0.05) is 13.1 Å². The summed E-state index contributed by atoms with van der Waals surface area (Å²) in [6.45, 7) is 6.98. The van der Waals surface area contributed by atoms with Crippen LogP contribution < -0.4 is 61.8 Å². The quantitative estimate of drug-likeness (QED) is 0.0846. The summed E-state index contributed by atoms with van der Waals surface area (Å²) in [4.78, 5) is 82.9.